The molecule has 0 fully saturated rings. The average molecular weight is 314 g/mol. The zero-order valence-corrected chi connectivity index (χ0v) is 12.7. The maximum Gasteiger partial charge on any atom is 0.253 e. The van der Waals surface area contributed by atoms with Crippen LogP contribution in [0.2, 0.25) is 0 Å². The Bertz CT molecular complexity index is 843. The number of amides is 1. The molecule has 1 atom stereocenters. The molecule has 0 aliphatic carbocycles. The third-order valence-electron chi connectivity index (χ3n) is 4.15. The van der Waals surface area contributed by atoms with Crippen LogP contribution < -0.4 is 5.32 Å². The molecule has 0 saturated carbocycles. The van der Waals surface area contributed by atoms with E-state index in [4.69, 9.17) is 0 Å². The summed E-state index contributed by atoms with van der Waals surface area (Å²) >= 11 is 0. The summed E-state index contributed by atoms with van der Waals surface area (Å²) in [5, 5.41) is 12.7. The van der Waals surface area contributed by atoms with Gasteiger partial charge in [-0.25, -0.2) is 9.37 Å². The molecule has 7 nitrogen and oxygen atoms in total. The molecule has 0 radical (unpaired) electrons. The molecule has 2 aliphatic rings. The summed E-state index contributed by atoms with van der Waals surface area (Å²) in [5.74, 6) is -0.867. The SMILES string of the molecule is CN1CC(c2nc(-c3cnn(C)c3)c(F)c3c2C(=O)NC3)C=N1. The number of rotatable bonds is 2. The monoisotopic (exact) mass is 314 g/mol. The second-order valence-corrected chi connectivity index (χ2v) is 5.81. The van der Waals surface area contributed by atoms with Crippen molar-refractivity contribution >= 4 is 12.1 Å². The number of hydrogen-bond donors (Lipinski definition) is 1. The number of carbonyl (C=O) groups is 1. The molecule has 2 aromatic rings. The maximum atomic E-state index is 14.8. The van der Waals surface area contributed by atoms with Crippen molar-refractivity contribution in [3.63, 3.8) is 0 Å². The number of halogens is 1. The first-order valence-electron chi connectivity index (χ1n) is 7.29. The molecule has 2 aliphatic heterocycles. The van der Waals surface area contributed by atoms with Gasteiger partial charge in [0, 0.05) is 50.7 Å². The maximum absolute atomic E-state index is 14.8. The number of likely N-dealkylation sites (N-methyl/N-ethyl adjacent to an activating group) is 1. The van der Waals surface area contributed by atoms with Crippen molar-refractivity contribution in [2.75, 3.05) is 13.6 Å². The molecule has 118 valence electrons. The van der Waals surface area contributed by atoms with Gasteiger partial charge in [-0.3, -0.25) is 14.5 Å². The van der Waals surface area contributed by atoms with Crippen molar-refractivity contribution in [1.82, 2.24) is 25.1 Å². The third-order valence-corrected chi connectivity index (χ3v) is 4.15. The summed E-state index contributed by atoms with van der Waals surface area (Å²) in [7, 11) is 3.61. The first-order valence-corrected chi connectivity index (χ1v) is 7.29. The fourth-order valence-electron chi connectivity index (χ4n) is 3.04. The van der Waals surface area contributed by atoms with Crippen molar-refractivity contribution < 1.29 is 9.18 Å². The summed E-state index contributed by atoms with van der Waals surface area (Å²) in [4.78, 5) is 16.6. The normalized spacial score (nSPS) is 19.3. The zero-order valence-electron chi connectivity index (χ0n) is 12.7. The van der Waals surface area contributed by atoms with E-state index in [1.54, 1.807) is 35.3 Å². The second-order valence-electron chi connectivity index (χ2n) is 5.81. The van der Waals surface area contributed by atoms with E-state index in [1.165, 1.54) is 0 Å². The van der Waals surface area contributed by atoms with E-state index < -0.39 is 5.82 Å². The van der Waals surface area contributed by atoms with E-state index in [0.717, 1.165) is 0 Å². The van der Waals surface area contributed by atoms with Crippen LogP contribution in [0.1, 0.15) is 27.5 Å². The summed E-state index contributed by atoms with van der Waals surface area (Å²) < 4.78 is 16.4. The van der Waals surface area contributed by atoms with Crippen molar-refractivity contribution in [2.45, 2.75) is 12.5 Å². The van der Waals surface area contributed by atoms with Gasteiger partial charge in [0.15, 0.2) is 5.82 Å². The van der Waals surface area contributed by atoms with Gasteiger partial charge >= 0.3 is 0 Å². The van der Waals surface area contributed by atoms with E-state index >= 15 is 0 Å². The van der Waals surface area contributed by atoms with Gasteiger partial charge in [-0.2, -0.15) is 10.2 Å². The van der Waals surface area contributed by atoms with E-state index in [9.17, 15) is 9.18 Å². The van der Waals surface area contributed by atoms with Gasteiger partial charge < -0.3 is 5.32 Å². The highest BCUT2D eigenvalue weighted by molar-refractivity contribution is 6.01. The molecule has 4 heterocycles. The highest BCUT2D eigenvalue weighted by Crippen LogP contribution is 2.33. The Morgan fingerprint density at radius 2 is 2.22 bits per heavy atom. The van der Waals surface area contributed by atoms with Gasteiger partial charge in [0.05, 0.1) is 23.4 Å². The standard InChI is InChI=1S/C15H15FN6O/c1-21-6-8(3-18-21)13-11-10(5-17-15(11)23)12(16)14(20-13)9-4-19-22(2)7-9/h3-4,7-8H,5-6H2,1-2H3,(H,17,23). The molecule has 8 heteroatoms. The Morgan fingerprint density at radius 1 is 1.39 bits per heavy atom. The van der Waals surface area contributed by atoms with Crippen LogP contribution in [-0.4, -0.2) is 45.5 Å². The number of pyridine rings is 1. The summed E-state index contributed by atoms with van der Waals surface area (Å²) in [6.07, 6.45) is 5.03. The van der Waals surface area contributed by atoms with Gasteiger partial charge in [0.1, 0.15) is 5.69 Å². The fourth-order valence-corrected chi connectivity index (χ4v) is 3.04. The second kappa shape index (κ2) is 4.87. The first-order chi connectivity index (χ1) is 11.0. The Kier molecular flexibility index (Phi) is 2.93. The molecular weight excluding hydrogens is 299 g/mol. The number of fused-ring (bicyclic) bond motifs is 1. The molecule has 2 aromatic heterocycles. The average Bonchev–Trinajstić information content (AvgIpc) is 3.22. The lowest BCUT2D eigenvalue weighted by Crippen LogP contribution is -2.19. The third kappa shape index (κ3) is 2.09. The molecule has 0 spiro atoms. The smallest absolute Gasteiger partial charge is 0.253 e. The molecule has 0 saturated heterocycles. The first kappa shape index (κ1) is 13.9. The van der Waals surface area contributed by atoms with Crippen molar-refractivity contribution in [3.8, 4) is 11.3 Å². The zero-order chi connectivity index (χ0) is 16.1. The highest BCUT2D eigenvalue weighted by Gasteiger charge is 2.34. The van der Waals surface area contributed by atoms with Crippen molar-refractivity contribution in [3.05, 3.63) is 35.0 Å². The van der Waals surface area contributed by atoms with Crippen LogP contribution in [0, 0.1) is 5.82 Å². The number of nitrogens with one attached hydrogen (secondary N) is 1. The Balaban J connectivity index is 1.93. The summed E-state index contributed by atoms with van der Waals surface area (Å²) in [6.45, 7) is 0.799. The molecule has 1 N–H and O–H groups in total. The van der Waals surface area contributed by atoms with Gasteiger partial charge in [-0.15, -0.1) is 0 Å². The van der Waals surface area contributed by atoms with Crippen LogP contribution in [0.15, 0.2) is 17.5 Å². The molecule has 23 heavy (non-hydrogen) atoms. The van der Waals surface area contributed by atoms with Crippen LogP contribution in [0.4, 0.5) is 4.39 Å². The Hall–Kier alpha value is -2.77. The predicted octanol–water partition coefficient (Wildman–Crippen LogP) is 0.879. The molecule has 1 amide bonds. The molecule has 4 rings (SSSR count). The van der Waals surface area contributed by atoms with E-state index in [1.807, 2.05) is 7.05 Å². The molecule has 0 aromatic carbocycles. The minimum Gasteiger partial charge on any atom is -0.348 e. The molecule has 1 unspecified atom stereocenters. The Morgan fingerprint density at radius 3 is 2.87 bits per heavy atom. The minimum absolute atomic E-state index is 0.131. The van der Waals surface area contributed by atoms with Crippen LogP contribution in [-0.2, 0) is 13.6 Å². The van der Waals surface area contributed by atoms with Crippen LogP contribution in [0.3, 0.4) is 0 Å². The largest absolute Gasteiger partial charge is 0.348 e. The van der Waals surface area contributed by atoms with Crippen LogP contribution >= 0.6 is 0 Å². The quantitative estimate of drug-likeness (QED) is 0.893. The summed E-state index contributed by atoms with van der Waals surface area (Å²) in [5.41, 5.74) is 2.12. The number of aromatic nitrogens is 3. The summed E-state index contributed by atoms with van der Waals surface area (Å²) in [6, 6.07) is 0. The van der Waals surface area contributed by atoms with Crippen LogP contribution in [0.25, 0.3) is 11.3 Å². The van der Waals surface area contributed by atoms with E-state index in [0.29, 0.717) is 28.9 Å². The van der Waals surface area contributed by atoms with Gasteiger partial charge in [0.2, 0.25) is 0 Å². The molecular formula is C15H15FN6O. The lowest BCUT2D eigenvalue weighted by molar-refractivity contribution is 0.0964. The van der Waals surface area contributed by atoms with Crippen molar-refractivity contribution in [2.24, 2.45) is 12.1 Å². The van der Waals surface area contributed by atoms with E-state index in [-0.39, 0.29) is 24.1 Å². The number of carbonyl (C=O) groups excluding carboxylic acids is 1. The van der Waals surface area contributed by atoms with Crippen molar-refractivity contribution in [1.29, 1.82) is 0 Å². The van der Waals surface area contributed by atoms with Crippen LogP contribution in [0.5, 0.6) is 0 Å². The topological polar surface area (TPSA) is 75.4 Å². The molecule has 0 bridgehead atoms. The number of hydrazone groups is 1. The van der Waals surface area contributed by atoms with Gasteiger partial charge in [-0.1, -0.05) is 0 Å². The fraction of sp³-hybridized carbons (Fsp3) is 0.333. The number of hydrogen-bond acceptors (Lipinski definition) is 5. The van der Waals surface area contributed by atoms with Gasteiger partial charge in [-0.05, 0) is 0 Å². The number of aryl methyl sites for hydroxylation is 1. The predicted molar refractivity (Wildman–Crippen MR) is 81.4 cm³/mol. The lowest BCUT2D eigenvalue weighted by Gasteiger charge is -2.15. The minimum atomic E-state index is -0.460. The van der Waals surface area contributed by atoms with E-state index in [2.05, 4.69) is 20.5 Å². The Labute approximate surface area is 131 Å². The van der Waals surface area contributed by atoms with Gasteiger partial charge in [0.25, 0.3) is 5.91 Å². The highest BCUT2D eigenvalue weighted by atomic mass is 19.1. The lowest BCUT2D eigenvalue weighted by atomic mass is 9.96. The number of nitrogens with zero attached hydrogens (tertiary/aromatic N) is 5.